The van der Waals surface area contributed by atoms with Crippen molar-refractivity contribution in [1.29, 1.82) is 0 Å². The number of amides is 1. The molecule has 3 rings (SSSR count). The van der Waals surface area contributed by atoms with Crippen LogP contribution in [0.5, 0.6) is 5.75 Å². The van der Waals surface area contributed by atoms with Crippen molar-refractivity contribution in [3.05, 3.63) is 60.0 Å². The van der Waals surface area contributed by atoms with Crippen LogP contribution in [0.2, 0.25) is 0 Å². The molecule has 1 heterocycles. The molecule has 1 aromatic heterocycles. The van der Waals surface area contributed by atoms with Crippen molar-refractivity contribution in [3.63, 3.8) is 0 Å². The van der Waals surface area contributed by atoms with Crippen LogP contribution in [0.3, 0.4) is 0 Å². The molecule has 0 aliphatic heterocycles. The van der Waals surface area contributed by atoms with Crippen LogP contribution in [0.15, 0.2) is 52.9 Å². The predicted molar refractivity (Wildman–Crippen MR) is 82.9 cm³/mol. The minimum absolute atomic E-state index is 0.200. The number of fused-ring (bicyclic) bond motifs is 1. The van der Waals surface area contributed by atoms with Gasteiger partial charge in [0.05, 0.1) is 7.11 Å². The number of carbonyl (C=O) groups is 1. The number of methoxy groups -OCH3 is 1. The molecule has 1 N–H and O–H groups in total. The first-order chi connectivity index (χ1) is 10.7. The molecule has 0 saturated heterocycles. The maximum Gasteiger partial charge on any atom is 0.252 e. The van der Waals surface area contributed by atoms with Gasteiger partial charge < -0.3 is 14.5 Å². The SMILES string of the molecule is COc1cccc(C(=O)NC(C)c2nc3ccccc3o2)c1. The van der Waals surface area contributed by atoms with E-state index in [4.69, 9.17) is 9.15 Å². The summed E-state index contributed by atoms with van der Waals surface area (Å²) >= 11 is 0. The molecule has 0 aliphatic carbocycles. The Balaban J connectivity index is 1.77. The molecule has 1 unspecified atom stereocenters. The van der Waals surface area contributed by atoms with Crippen molar-refractivity contribution >= 4 is 17.0 Å². The number of rotatable bonds is 4. The lowest BCUT2D eigenvalue weighted by molar-refractivity contribution is 0.0934. The van der Waals surface area contributed by atoms with E-state index in [1.807, 2.05) is 31.2 Å². The van der Waals surface area contributed by atoms with Gasteiger partial charge in [-0.05, 0) is 37.3 Å². The maximum absolute atomic E-state index is 12.3. The van der Waals surface area contributed by atoms with E-state index >= 15 is 0 Å². The van der Waals surface area contributed by atoms with E-state index in [9.17, 15) is 4.79 Å². The number of aromatic nitrogens is 1. The minimum atomic E-state index is -0.328. The average Bonchev–Trinajstić information content (AvgIpc) is 2.99. The maximum atomic E-state index is 12.3. The van der Waals surface area contributed by atoms with Crippen LogP contribution < -0.4 is 10.1 Å². The van der Waals surface area contributed by atoms with Gasteiger partial charge in [-0.15, -0.1) is 0 Å². The van der Waals surface area contributed by atoms with Crippen LogP contribution in [-0.4, -0.2) is 18.0 Å². The highest BCUT2D eigenvalue weighted by molar-refractivity contribution is 5.94. The Labute approximate surface area is 127 Å². The molecule has 0 fully saturated rings. The molecular formula is C17H16N2O3. The number of oxazole rings is 1. The lowest BCUT2D eigenvalue weighted by atomic mass is 10.2. The molecule has 0 saturated carbocycles. The number of para-hydroxylation sites is 2. The highest BCUT2D eigenvalue weighted by Crippen LogP contribution is 2.20. The molecule has 0 aliphatic rings. The summed E-state index contributed by atoms with van der Waals surface area (Å²) in [7, 11) is 1.57. The summed E-state index contributed by atoms with van der Waals surface area (Å²) in [5.41, 5.74) is 2.02. The van der Waals surface area contributed by atoms with Crippen molar-refractivity contribution in [3.8, 4) is 5.75 Å². The quantitative estimate of drug-likeness (QED) is 0.802. The fourth-order valence-corrected chi connectivity index (χ4v) is 2.18. The number of benzene rings is 2. The summed E-state index contributed by atoms with van der Waals surface area (Å²) in [6, 6.07) is 14.2. The number of nitrogens with zero attached hydrogens (tertiary/aromatic N) is 1. The van der Waals surface area contributed by atoms with Gasteiger partial charge >= 0.3 is 0 Å². The van der Waals surface area contributed by atoms with Gasteiger partial charge in [-0.25, -0.2) is 4.98 Å². The van der Waals surface area contributed by atoms with Crippen LogP contribution in [-0.2, 0) is 0 Å². The van der Waals surface area contributed by atoms with Gasteiger partial charge in [0.2, 0.25) is 5.89 Å². The molecule has 112 valence electrons. The summed E-state index contributed by atoms with van der Waals surface area (Å²) in [5, 5.41) is 2.87. The van der Waals surface area contributed by atoms with Gasteiger partial charge in [-0.1, -0.05) is 18.2 Å². The van der Waals surface area contributed by atoms with Gasteiger partial charge in [-0.2, -0.15) is 0 Å². The monoisotopic (exact) mass is 296 g/mol. The van der Waals surface area contributed by atoms with Crippen LogP contribution in [0.1, 0.15) is 29.2 Å². The summed E-state index contributed by atoms with van der Waals surface area (Å²) in [4.78, 5) is 16.7. The van der Waals surface area contributed by atoms with E-state index in [-0.39, 0.29) is 11.9 Å². The summed E-state index contributed by atoms with van der Waals surface area (Å²) in [5.74, 6) is 0.924. The lowest BCUT2D eigenvalue weighted by Gasteiger charge is -2.11. The minimum Gasteiger partial charge on any atom is -0.497 e. The Morgan fingerprint density at radius 2 is 2.05 bits per heavy atom. The summed E-state index contributed by atoms with van der Waals surface area (Å²) in [6.45, 7) is 1.84. The fraction of sp³-hybridized carbons (Fsp3) is 0.176. The zero-order valence-corrected chi connectivity index (χ0v) is 12.4. The van der Waals surface area contributed by atoms with Gasteiger partial charge in [0, 0.05) is 5.56 Å². The van der Waals surface area contributed by atoms with E-state index < -0.39 is 0 Å². The number of carbonyl (C=O) groups excluding carboxylic acids is 1. The second-order valence-corrected chi connectivity index (χ2v) is 4.95. The van der Waals surface area contributed by atoms with Crippen molar-refractivity contribution in [2.75, 3.05) is 7.11 Å². The topological polar surface area (TPSA) is 64.4 Å². The number of hydrogen-bond acceptors (Lipinski definition) is 4. The van der Waals surface area contributed by atoms with E-state index in [1.165, 1.54) is 0 Å². The largest absolute Gasteiger partial charge is 0.497 e. The lowest BCUT2D eigenvalue weighted by Crippen LogP contribution is -2.26. The third-order valence-electron chi connectivity index (χ3n) is 3.36. The van der Waals surface area contributed by atoms with Crippen LogP contribution in [0.25, 0.3) is 11.1 Å². The Hall–Kier alpha value is -2.82. The predicted octanol–water partition coefficient (Wildman–Crippen LogP) is 3.33. The summed E-state index contributed by atoms with van der Waals surface area (Å²) < 4.78 is 10.8. The highest BCUT2D eigenvalue weighted by Gasteiger charge is 2.17. The first kappa shape index (κ1) is 14.1. The molecule has 0 spiro atoms. The molecule has 22 heavy (non-hydrogen) atoms. The molecule has 0 radical (unpaired) electrons. The molecule has 1 atom stereocenters. The number of ether oxygens (including phenoxy) is 1. The Bertz CT molecular complexity index is 777. The zero-order chi connectivity index (χ0) is 15.5. The van der Waals surface area contributed by atoms with Crippen molar-refractivity contribution < 1.29 is 13.9 Å². The first-order valence-electron chi connectivity index (χ1n) is 6.98. The second kappa shape index (κ2) is 5.89. The molecule has 1 amide bonds. The van der Waals surface area contributed by atoms with Crippen LogP contribution in [0, 0.1) is 0 Å². The first-order valence-corrected chi connectivity index (χ1v) is 6.98. The smallest absolute Gasteiger partial charge is 0.252 e. The summed E-state index contributed by atoms with van der Waals surface area (Å²) in [6.07, 6.45) is 0. The van der Waals surface area contributed by atoms with Gasteiger partial charge in [0.1, 0.15) is 17.3 Å². The van der Waals surface area contributed by atoms with E-state index in [2.05, 4.69) is 10.3 Å². The molecule has 3 aromatic rings. The highest BCUT2D eigenvalue weighted by atomic mass is 16.5. The van der Waals surface area contributed by atoms with Crippen molar-refractivity contribution in [2.45, 2.75) is 13.0 Å². The fourth-order valence-electron chi connectivity index (χ4n) is 2.18. The van der Waals surface area contributed by atoms with Gasteiger partial charge in [0.15, 0.2) is 5.58 Å². The van der Waals surface area contributed by atoms with Gasteiger partial charge in [0.25, 0.3) is 5.91 Å². The molecule has 0 bridgehead atoms. The normalized spacial score (nSPS) is 12.1. The van der Waals surface area contributed by atoms with E-state index in [0.717, 1.165) is 5.52 Å². The van der Waals surface area contributed by atoms with Crippen LogP contribution in [0.4, 0.5) is 0 Å². The Morgan fingerprint density at radius 3 is 2.82 bits per heavy atom. The van der Waals surface area contributed by atoms with Crippen molar-refractivity contribution in [1.82, 2.24) is 10.3 Å². The molecule has 5 nitrogen and oxygen atoms in total. The number of nitrogens with one attached hydrogen (secondary N) is 1. The molecule has 5 heteroatoms. The van der Waals surface area contributed by atoms with Gasteiger partial charge in [-0.3, -0.25) is 4.79 Å². The standard InChI is InChI=1S/C17H16N2O3/c1-11(17-19-14-8-3-4-9-15(14)22-17)18-16(20)12-6-5-7-13(10-12)21-2/h3-11H,1-2H3,(H,18,20). The zero-order valence-electron chi connectivity index (χ0n) is 12.4. The van der Waals surface area contributed by atoms with E-state index in [1.54, 1.807) is 31.4 Å². The second-order valence-electron chi connectivity index (χ2n) is 4.95. The third-order valence-corrected chi connectivity index (χ3v) is 3.36. The third kappa shape index (κ3) is 2.79. The number of hydrogen-bond donors (Lipinski definition) is 1. The van der Waals surface area contributed by atoms with Crippen molar-refractivity contribution in [2.24, 2.45) is 0 Å². The van der Waals surface area contributed by atoms with E-state index in [0.29, 0.717) is 22.8 Å². The molecular weight excluding hydrogens is 280 g/mol. The average molecular weight is 296 g/mol. The Morgan fingerprint density at radius 1 is 1.23 bits per heavy atom. The van der Waals surface area contributed by atoms with Crippen LogP contribution >= 0.6 is 0 Å². The molecule has 2 aromatic carbocycles. The Kier molecular flexibility index (Phi) is 3.78.